The summed E-state index contributed by atoms with van der Waals surface area (Å²) in [7, 11) is 0. The zero-order valence-corrected chi connectivity index (χ0v) is 18.3. The van der Waals surface area contributed by atoms with Gasteiger partial charge in [-0.1, -0.05) is 36.4 Å². The topological polar surface area (TPSA) is 105 Å². The standard InChI is InChI=1S/C23H21N3O5S/c1-3-31-20(28)17-10-11-32-19(17)24-18(27)13-26-21(29)23(2,25-22(26)30)16-9-8-14-6-4-5-7-15(14)12-16/h4-12H,3,13H2,1-2H3,(H,24,27)(H,25,30). The molecule has 0 spiro atoms. The molecule has 0 bridgehead atoms. The summed E-state index contributed by atoms with van der Waals surface area (Å²) in [4.78, 5) is 51.2. The minimum Gasteiger partial charge on any atom is -0.462 e. The van der Waals surface area contributed by atoms with E-state index in [1.807, 2.05) is 36.4 Å². The number of hydrogen-bond donors (Lipinski definition) is 2. The molecule has 164 valence electrons. The number of benzene rings is 2. The van der Waals surface area contributed by atoms with Crippen LogP contribution in [0.3, 0.4) is 0 Å². The molecule has 9 heteroatoms. The highest BCUT2D eigenvalue weighted by Gasteiger charge is 2.49. The third kappa shape index (κ3) is 3.82. The van der Waals surface area contributed by atoms with Gasteiger partial charge < -0.3 is 15.4 Å². The van der Waals surface area contributed by atoms with Crippen LogP contribution < -0.4 is 10.6 Å². The fourth-order valence-electron chi connectivity index (χ4n) is 3.62. The third-order valence-corrected chi connectivity index (χ3v) is 6.15. The van der Waals surface area contributed by atoms with E-state index in [9.17, 15) is 19.2 Å². The van der Waals surface area contributed by atoms with Crippen molar-refractivity contribution in [1.29, 1.82) is 0 Å². The molecule has 2 heterocycles. The highest BCUT2D eigenvalue weighted by Crippen LogP contribution is 2.31. The molecule has 32 heavy (non-hydrogen) atoms. The molecular formula is C23H21N3O5S. The van der Waals surface area contributed by atoms with Gasteiger partial charge in [-0.15, -0.1) is 11.3 Å². The quantitative estimate of drug-likeness (QED) is 0.441. The summed E-state index contributed by atoms with van der Waals surface area (Å²) in [6, 6.07) is 14.1. The molecule has 1 aromatic heterocycles. The van der Waals surface area contributed by atoms with Crippen molar-refractivity contribution < 1.29 is 23.9 Å². The lowest BCUT2D eigenvalue weighted by molar-refractivity contribution is -0.133. The van der Waals surface area contributed by atoms with Gasteiger partial charge in [-0.05, 0) is 47.7 Å². The Morgan fingerprint density at radius 3 is 2.62 bits per heavy atom. The second kappa shape index (κ2) is 8.43. The summed E-state index contributed by atoms with van der Waals surface area (Å²) in [5, 5.41) is 9.20. The number of anilines is 1. The first-order valence-electron chi connectivity index (χ1n) is 10.0. The summed E-state index contributed by atoms with van der Waals surface area (Å²) in [6.07, 6.45) is 0. The third-order valence-electron chi connectivity index (χ3n) is 5.32. The maximum Gasteiger partial charge on any atom is 0.341 e. The van der Waals surface area contributed by atoms with Crippen LogP contribution >= 0.6 is 11.3 Å². The number of imide groups is 1. The lowest BCUT2D eigenvalue weighted by Crippen LogP contribution is -2.42. The zero-order chi connectivity index (χ0) is 22.9. The van der Waals surface area contributed by atoms with Gasteiger partial charge in [-0.25, -0.2) is 9.59 Å². The number of nitrogens with one attached hydrogen (secondary N) is 2. The Balaban J connectivity index is 1.51. The molecule has 3 aromatic rings. The van der Waals surface area contributed by atoms with Crippen molar-refractivity contribution in [2.45, 2.75) is 19.4 Å². The van der Waals surface area contributed by atoms with E-state index in [0.29, 0.717) is 10.6 Å². The molecule has 1 unspecified atom stereocenters. The summed E-state index contributed by atoms with van der Waals surface area (Å²) in [6.45, 7) is 3.03. The predicted molar refractivity (Wildman–Crippen MR) is 120 cm³/mol. The van der Waals surface area contributed by atoms with E-state index in [1.165, 1.54) is 0 Å². The van der Waals surface area contributed by atoms with Crippen LogP contribution in [0.2, 0.25) is 0 Å². The Bertz CT molecular complexity index is 1240. The number of ether oxygens (including phenoxy) is 1. The Morgan fingerprint density at radius 2 is 1.88 bits per heavy atom. The number of carbonyl (C=O) groups is 4. The molecule has 0 saturated carbocycles. The maximum atomic E-state index is 13.2. The van der Waals surface area contributed by atoms with E-state index in [2.05, 4.69) is 10.6 Å². The van der Waals surface area contributed by atoms with Crippen molar-refractivity contribution in [2.75, 3.05) is 18.5 Å². The lowest BCUT2D eigenvalue weighted by Gasteiger charge is -2.22. The van der Waals surface area contributed by atoms with Crippen LogP contribution in [0.1, 0.15) is 29.8 Å². The fraction of sp³-hybridized carbons (Fsp3) is 0.217. The largest absolute Gasteiger partial charge is 0.462 e. The highest BCUT2D eigenvalue weighted by atomic mass is 32.1. The molecule has 0 radical (unpaired) electrons. The maximum absolute atomic E-state index is 13.2. The molecule has 0 aliphatic carbocycles. The van der Waals surface area contributed by atoms with Crippen LogP contribution in [-0.2, 0) is 19.9 Å². The van der Waals surface area contributed by atoms with Crippen molar-refractivity contribution in [3.63, 3.8) is 0 Å². The predicted octanol–water partition coefficient (Wildman–Crippen LogP) is 3.48. The molecule has 8 nitrogen and oxygen atoms in total. The minimum atomic E-state index is -1.29. The van der Waals surface area contributed by atoms with Crippen molar-refractivity contribution in [1.82, 2.24) is 10.2 Å². The first kappa shape index (κ1) is 21.5. The monoisotopic (exact) mass is 451 g/mol. The summed E-state index contributed by atoms with van der Waals surface area (Å²) >= 11 is 1.15. The average Bonchev–Trinajstić information content (AvgIpc) is 3.32. The van der Waals surface area contributed by atoms with E-state index in [1.54, 1.807) is 31.4 Å². The van der Waals surface area contributed by atoms with E-state index >= 15 is 0 Å². The number of thiophene rings is 1. The molecule has 1 fully saturated rings. The molecule has 2 aromatic carbocycles. The Kier molecular flexibility index (Phi) is 5.67. The number of rotatable bonds is 6. The van der Waals surface area contributed by atoms with Gasteiger partial charge in [0.05, 0.1) is 12.2 Å². The number of carbonyl (C=O) groups excluding carboxylic acids is 4. The smallest absolute Gasteiger partial charge is 0.341 e. The molecular weight excluding hydrogens is 430 g/mol. The Labute approximate surface area is 188 Å². The van der Waals surface area contributed by atoms with Gasteiger partial charge in [-0.3, -0.25) is 14.5 Å². The van der Waals surface area contributed by atoms with Gasteiger partial charge >= 0.3 is 12.0 Å². The second-order valence-corrected chi connectivity index (χ2v) is 8.36. The van der Waals surface area contributed by atoms with Gasteiger partial charge in [0, 0.05) is 0 Å². The number of fused-ring (bicyclic) bond motifs is 1. The molecule has 1 atom stereocenters. The first-order valence-corrected chi connectivity index (χ1v) is 10.9. The first-order chi connectivity index (χ1) is 15.3. The number of nitrogens with zero attached hydrogens (tertiary/aromatic N) is 1. The summed E-state index contributed by atoms with van der Waals surface area (Å²) in [5.41, 5.74) is -0.441. The second-order valence-electron chi connectivity index (χ2n) is 7.44. The van der Waals surface area contributed by atoms with Crippen LogP contribution in [-0.4, -0.2) is 41.9 Å². The average molecular weight is 452 g/mol. The van der Waals surface area contributed by atoms with Crippen LogP contribution in [0, 0.1) is 0 Å². The van der Waals surface area contributed by atoms with Crippen LogP contribution in [0.15, 0.2) is 53.9 Å². The normalized spacial score (nSPS) is 18.0. The Morgan fingerprint density at radius 1 is 1.12 bits per heavy atom. The van der Waals surface area contributed by atoms with E-state index < -0.39 is 35.9 Å². The lowest BCUT2D eigenvalue weighted by atomic mass is 9.90. The minimum absolute atomic E-state index is 0.206. The molecule has 2 N–H and O–H groups in total. The number of hydrogen-bond acceptors (Lipinski definition) is 6. The highest BCUT2D eigenvalue weighted by molar-refractivity contribution is 7.14. The van der Waals surface area contributed by atoms with E-state index in [4.69, 9.17) is 4.74 Å². The van der Waals surface area contributed by atoms with Gasteiger partial charge in [-0.2, -0.15) is 0 Å². The zero-order valence-electron chi connectivity index (χ0n) is 17.5. The molecule has 1 saturated heterocycles. The van der Waals surface area contributed by atoms with Gasteiger partial charge in [0.15, 0.2) is 0 Å². The van der Waals surface area contributed by atoms with E-state index in [0.717, 1.165) is 27.0 Å². The van der Waals surface area contributed by atoms with Crippen molar-refractivity contribution in [2.24, 2.45) is 0 Å². The van der Waals surface area contributed by atoms with Crippen LogP contribution in [0.4, 0.5) is 9.80 Å². The van der Waals surface area contributed by atoms with Crippen molar-refractivity contribution in [3.8, 4) is 0 Å². The van der Waals surface area contributed by atoms with Crippen molar-refractivity contribution >= 4 is 50.9 Å². The number of amides is 4. The van der Waals surface area contributed by atoms with Gasteiger partial charge in [0.1, 0.15) is 17.1 Å². The van der Waals surface area contributed by atoms with Crippen LogP contribution in [0.5, 0.6) is 0 Å². The molecule has 4 amide bonds. The summed E-state index contributed by atoms with van der Waals surface area (Å²) in [5.74, 6) is -1.67. The molecule has 1 aliphatic rings. The van der Waals surface area contributed by atoms with E-state index in [-0.39, 0.29) is 12.2 Å². The Hall–Kier alpha value is -3.72. The van der Waals surface area contributed by atoms with Crippen LogP contribution in [0.25, 0.3) is 10.8 Å². The van der Waals surface area contributed by atoms with Gasteiger partial charge in [0.25, 0.3) is 5.91 Å². The SMILES string of the molecule is CCOC(=O)c1ccsc1NC(=O)CN1C(=O)NC(C)(c2ccc3ccccc3c2)C1=O. The number of urea groups is 1. The molecule has 1 aliphatic heterocycles. The molecule has 4 rings (SSSR count). The van der Waals surface area contributed by atoms with Crippen molar-refractivity contribution in [3.05, 3.63) is 65.0 Å². The van der Waals surface area contributed by atoms with Gasteiger partial charge in [0.2, 0.25) is 5.91 Å². The summed E-state index contributed by atoms with van der Waals surface area (Å²) < 4.78 is 4.97. The number of esters is 1. The fourth-order valence-corrected chi connectivity index (χ4v) is 4.41.